The van der Waals surface area contributed by atoms with Crippen molar-refractivity contribution in [2.45, 2.75) is 6.92 Å². The zero-order chi connectivity index (χ0) is 10.1. The van der Waals surface area contributed by atoms with Gasteiger partial charge in [-0.1, -0.05) is 0 Å². The van der Waals surface area contributed by atoms with Gasteiger partial charge < -0.3 is 9.72 Å². The molecule has 0 aliphatic carbocycles. The smallest absolute Gasteiger partial charge is 0.248 e. The van der Waals surface area contributed by atoms with Gasteiger partial charge >= 0.3 is 0 Å². The Morgan fingerprint density at radius 2 is 2.07 bits per heavy atom. The van der Waals surface area contributed by atoms with Crippen LogP contribution in [-0.2, 0) is 0 Å². The molecule has 0 amide bonds. The van der Waals surface area contributed by atoms with E-state index in [1.807, 2.05) is 25.1 Å². The number of hydrogen-bond donors (Lipinski definition) is 1. The summed E-state index contributed by atoms with van der Waals surface area (Å²) in [6, 6.07) is 7.12. The minimum Gasteiger partial charge on any atom is -0.497 e. The Balaban J connectivity index is 2.83. The predicted octanol–water partition coefficient (Wildman–Crippen LogP) is 1.85. The molecule has 0 bridgehead atoms. The second-order valence-electron chi connectivity index (χ2n) is 3.23. The molecule has 0 radical (unpaired) electrons. The molecule has 0 saturated carbocycles. The van der Waals surface area contributed by atoms with Crippen molar-refractivity contribution in [3.8, 4) is 5.75 Å². The molecular weight excluding hydrogens is 178 g/mol. The molecule has 0 atom stereocenters. The number of aromatic nitrogens is 1. The number of pyridine rings is 1. The molecule has 1 N–H and O–H groups in total. The summed E-state index contributed by atoms with van der Waals surface area (Å²) in [7, 11) is 1.61. The predicted molar refractivity (Wildman–Crippen MR) is 55.9 cm³/mol. The average molecular weight is 189 g/mol. The number of methoxy groups -OCH3 is 1. The van der Waals surface area contributed by atoms with Crippen molar-refractivity contribution < 1.29 is 4.74 Å². The zero-order valence-corrected chi connectivity index (χ0v) is 8.13. The van der Waals surface area contributed by atoms with Crippen LogP contribution in [0, 0.1) is 6.92 Å². The Bertz CT molecular complexity index is 528. The quantitative estimate of drug-likeness (QED) is 0.743. The molecule has 1 heterocycles. The van der Waals surface area contributed by atoms with Crippen LogP contribution >= 0.6 is 0 Å². The standard InChI is InChI=1S/C11H11NO2/c1-7-5-8(14-2)6-10-9(7)3-4-11(13)12-10/h3-6H,1-2H3,(H,12,13). The number of nitrogens with one attached hydrogen (secondary N) is 1. The van der Waals surface area contributed by atoms with Gasteiger partial charge in [0, 0.05) is 17.5 Å². The molecule has 0 unspecified atom stereocenters. The van der Waals surface area contributed by atoms with E-state index in [1.165, 1.54) is 6.07 Å². The molecule has 0 aliphatic heterocycles. The Morgan fingerprint density at radius 3 is 2.79 bits per heavy atom. The number of H-pyrrole nitrogens is 1. The summed E-state index contributed by atoms with van der Waals surface area (Å²) in [5.74, 6) is 0.761. The van der Waals surface area contributed by atoms with Gasteiger partial charge in [-0.15, -0.1) is 0 Å². The van der Waals surface area contributed by atoms with Crippen molar-refractivity contribution >= 4 is 10.9 Å². The van der Waals surface area contributed by atoms with Gasteiger partial charge in [-0.05, 0) is 24.6 Å². The van der Waals surface area contributed by atoms with E-state index in [-0.39, 0.29) is 5.56 Å². The van der Waals surface area contributed by atoms with Gasteiger partial charge in [0.2, 0.25) is 5.56 Å². The van der Waals surface area contributed by atoms with Gasteiger partial charge in [0.05, 0.1) is 12.6 Å². The largest absolute Gasteiger partial charge is 0.497 e. The van der Waals surface area contributed by atoms with Crippen molar-refractivity contribution in [1.82, 2.24) is 4.98 Å². The van der Waals surface area contributed by atoms with Crippen molar-refractivity contribution in [3.63, 3.8) is 0 Å². The summed E-state index contributed by atoms with van der Waals surface area (Å²) in [4.78, 5) is 13.9. The summed E-state index contributed by atoms with van der Waals surface area (Å²) in [5.41, 5.74) is 1.81. The topological polar surface area (TPSA) is 42.1 Å². The first kappa shape index (κ1) is 8.81. The molecule has 1 aromatic heterocycles. The van der Waals surface area contributed by atoms with Crippen LogP contribution in [0.1, 0.15) is 5.56 Å². The minimum absolute atomic E-state index is 0.0925. The maximum absolute atomic E-state index is 11.1. The fraction of sp³-hybridized carbons (Fsp3) is 0.182. The third kappa shape index (κ3) is 1.37. The third-order valence-corrected chi connectivity index (χ3v) is 2.26. The van der Waals surface area contributed by atoms with E-state index in [2.05, 4.69) is 4.98 Å². The number of ether oxygens (including phenoxy) is 1. The summed E-state index contributed by atoms with van der Waals surface area (Å²) in [6.07, 6.45) is 0. The highest BCUT2D eigenvalue weighted by molar-refractivity contribution is 5.83. The third-order valence-electron chi connectivity index (χ3n) is 2.26. The molecule has 0 saturated heterocycles. The molecule has 14 heavy (non-hydrogen) atoms. The van der Waals surface area contributed by atoms with Crippen LogP contribution in [0.2, 0.25) is 0 Å². The van der Waals surface area contributed by atoms with E-state index in [0.717, 1.165) is 22.2 Å². The van der Waals surface area contributed by atoms with Crippen LogP contribution < -0.4 is 10.3 Å². The van der Waals surface area contributed by atoms with Crippen LogP contribution in [0.5, 0.6) is 5.75 Å². The second-order valence-corrected chi connectivity index (χ2v) is 3.23. The highest BCUT2D eigenvalue weighted by atomic mass is 16.5. The van der Waals surface area contributed by atoms with Crippen molar-refractivity contribution in [1.29, 1.82) is 0 Å². The van der Waals surface area contributed by atoms with Crippen LogP contribution in [0.15, 0.2) is 29.1 Å². The second kappa shape index (κ2) is 3.18. The average Bonchev–Trinajstić information content (AvgIpc) is 2.16. The van der Waals surface area contributed by atoms with Crippen LogP contribution in [0.3, 0.4) is 0 Å². The van der Waals surface area contributed by atoms with Crippen LogP contribution in [0.25, 0.3) is 10.9 Å². The normalized spacial score (nSPS) is 10.4. The molecule has 0 spiro atoms. The summed E-state index contributed by atoms with van der Waals surface area (Å²) in [5, 5.41) is 1.05. The maximum Gasteiger partial charge on any atom is 0.248 e. The molecule has 3 heteroatoms. The van der Waals surface area contributed by atoms with Gasteiger partial charge in [-0.2, -0.15) is 0 Å². The lowest BCUT2D eigenvalue weighted by Crippen LogP contribution is -2.03. The fourth-order valence-corrected chi connectivity index (χ4v) is 1.54. The van der Waals surface area contributed by atoms with E-state index in [4.69, 9.17) is 4.74 Å². The van der Waals surface area contributed by atoms with E-state index in [0.29, 0.717) is 0 Å². The first-order valence-electron chi connectivity index (χ1n) is 4.38. The Morgan fingerprint density at radius 1 is 1.29 bits per heavy atom. The van der Waals surface area contributed by atoms with Gasteiger partial charge in [0.15, 0.2) is 0 Å². The van der Waals surface area contributed by atoms with E-state index >= 15 is 0 Å². The Hall–Kier alpha value is -1.77. The fourth-order valence-electron chi connectivity index (χ4n) is 1.54. The molecule has 3 nitrogen and oxygen atoms in total. The Kier molecular flexibility index (Phi) is 2.00. The van der Waals surface area contributed by atoms with Gasteiger partial charge in [-0.25, -0.2) is 0 Å². The summed E-state index contributed by atoms with van der Waals surface area (Å²) < 4.78 is 5.12. The van der Waals surface area contributed by atoms with Gasteiger partial charge in [-0.3, -0.25) is 4.79 Å². The number of aryl methyl sites for hydroxylation is 1. The molecule has 0 fully saturated rings. The maximum atomic E-state index is 11.1. The number of fused-ring (bicyclic) bond motifs is 1. The minimum atomic E-state index is -0.0925. The first-order valence-corrected chi connectivity index (χ1v) is 4.38. The zero-order valence-electron chi connectivity index (χ0n) is 8.13. The molecule has 2 rings (SSSR count). The number of hydrogen-bond acceptors (Lipinski definition) is 2. The lowest BCUT2D eigenvalue weighted by Gasteiger charge is -2.05. The number of aromatic amines is 1. The molecule has 0 aliphatic rings. The van der Waals surface area contributed by atoms with Crippen molar-refractivity contribution in [3.05, 3.63) is 40.2 Å². The molecule has 72 valence electrons. The number of rotatable bonds is 1. The highest BCUT2D eigenvalue weighted by Gasteiger charge is 2.01. The molecular formula is C11H11NO2. The number of benzene rings is 1. The lowest BCUT2D eigenvalue weighted by molar-refractivity contribution is 0.415. The summed E-state index contributed by atoms with van der Waals surface area (Å²) in [6.45, 7) is 1.99. The Labute approximate surface area is 81.3 Å². The van der Waals surface area contributed by atoms with Crippen molar-refractivity contribution in [2.24, 2.45) is 0 Å². The van der Waals surface area contributed by atoms with E-state index in [9.17, 15) is 4.79 Å². The van der Waals surface area contributed by atoms with E-state index in [1.54, 1.807) is 7.11 Å². The van der Waals surface area contributed by atoms with Gasteiger partial charge in [0.1, 0.15) is 5.75 Å². The lowest BCUT2D eigenvalue weighted by atomic mass is 10.1. The monoisotopic (exact) mass is 189 g/mol. The molecule has 1 aromatic carbocycles. The van der Waals surface area contributed by atoms with Gasteiger partial charge in [0.25, 0.3) is 0 Å². The SMILES string of the molecule is COc1cc(C)c2ccc(=O)[nH]c2c1. The van der Waals surface area contributed by atoms with Crippen LogP contribution in [0.4, 0.5) is 0 Å². The summed E-state index contributed by atoms with van der Waals surface area (Å²) >= 11 is 0. The first-order chi connectivity index (χ1) is 6.70. The highest BCUT2D eigenvalue weighted by Crippen LogP contribution is 2.21. The van der Waals surface area contributed by atoms with Crippen molar-refractivity contribution in [2.75, 3.05) is 7.11 Å². The van der Waals surface area contributed by atoms with E-state index < -0.39 is 0 Å². The van der Waals surface area contributed by atoms with Crippen LogP contribution in [-0.4, -0.2) is 12.1 Å². The molecule has 2 aromatic rings.